The SMILES string of the molecule is F[C]12[CH]3[CH]4[C]5(c6ccccc6)[C]1(c1ccccc1)[Ti]34251678[CH]2[CH]1[CH]6[CH]7[CH]28. The molecule has 0 aliphatic carbocycles. The van der Waals surface area contributed by atoms with Crippen LogP contribution in [0.25, 0.3) is 0 Å². The van der Waals surface area contributed by atoms with Gasteiger partial charge in [0.2, 0.25) is 0 Å². The Balaban J connectivity index is 1.48. The van der Waals surface area contributed by atoms with Crippen molar-refractivity contribution in [1.29, 1.82) is 0 Å². The van der Waals surface area contributed by atoms with Crippen molar-refractivity contribution in [3.8, 4) is 0 Å². The zero-order valence-electron chi connectivity index (χ0n) is 13.2. The minimum atomic E-state index is -4.60. The molecule has 0 saturated carbocycles. The van der Waals surface area contributed by atoms with E-state index in [1.807, 2.05) is 0 Å². The Kier molecular flexibility index (Phi) is 0.404. The maximum atomic E-state index is 17.2. The molecule has 10 heterocycles. The summed E-state index contributed by atoms with van der Waals surface area (Å²) in [6.07, 6.45) is 0. The topological polar surface area (TPSA) is 0 Å². The third kappa shape index (κ3) is 0.118. The molecule has 0 aromatic heterocycles. The standard InChI is InChI=1S/C17H12F.C5H5.Ti/c18-16-12-11-15(13-7-3-1-4-8-13)17(16)14-9-5-2-6-10-14;1-2-4-5-3-1;/h1-12H;1-5H;. The van der Waals surface area contributed by atoms with Crippen molar-refractivity contribution in [1.82, 2.24) is 0 Å². The van der Waals surface area contributed by atoms with Gasteiger partial charge in [-0.2, -0.15) is 0 Å². The maximum absolute atomic E-state index is 17.2. The number of hydrogen-bond donors (Lipinski definition) is 0. The van der Waals surface area contributed by atoms with Crippen molar-refractivity contribution >= 4 is 0 Å². The molecule has 0 radical (unpaired) electrons. The van der Waals surface area contributed by atoms with Crippen molar-refractivity contribution in [3.05, 3.63) is 71.8 Å². The molecule has 10 fully saturated rings. The first kappa shape index (κ1) is 9.69. The summed E-state index contributed by atoms with van der Waals surface area (Å²) in [5.74, 6) is 0. The molecule has 12 rings (SSSR count). The number of halogens is 1. The van der Waals surface area contributed by atoms with Crippen LogP contribution in [0.5, 0.6) is 0 Å². The molecule has 0 amide bonds. The van der Waals surface area contributed by atoms with Crippen LogP contribution in [0.15, 0.2) is 60.7 Å². The Morgan fingerprint density at radius 1 is 0.667 bits per heavy atom. The molecule has 5 unspecified atom stereocenters. The van der Waals surface area contributed by atoms with Crippen LogP contribution in [0.3, 0.4) is 0 Å². The van der Waals surface area contributed by atoms with Gasteiger partial charge in [0.05, 0.1) is 0 Å². The Labute approximate surface area is 125 Å². The van der Waals surface area contributed by atoms with Gasteiger partial charge >= 0.3 is 126 Å². The summed E-state index contributed by atoms with van der Waals surface area (Å²) in [4.78, 5) is 0. The van der Waals surface area contributed by atoms with E-state index in [2.05, 4.69) is 60.7 Å². The normalized spacial score (nSPS) is 93.8. The zero-order chi connectivity index (χ0) is 15.1. The zero-order valence-corrected chi connectivity index (χ0v) is 14.8. The van der Waals surface area contributed by atoms with Crippen LogP contribution in [0.4, 0.5) is 4.39 Å². The summed E-state index contributed by atoms with van der Waals surface area (Å²) in [7, 11) is -4.60. The molecule has 116 valence electrons. The molecule has 24 heavy (non-hydrogen) atoms. The quantitative estimate of drug-likeness (QED) is 0.632. The second-order valence-electron chi connectivity index (χ2n) is 15.5. The molecule has 2 aromatic rings. The molecule has 2 aromatic carbocycles. The second-order valence-corrected chi connectivity index (χ2v) is 47.7. The van der Waals surface area contributed by atoms with Crippen LogP contribution in [0, 0.1) is 0 Å². The van der Waals surface area contributed by atoms with Crippen molar-refractivity contribution in [2.75, 3.05) is 0 Å². The Morgan fingerprint density at radius 2 is 1.17 bits per heavy atom. The predicted molar refractivity (Wildman–Crippen MR) is 86.3 cm³/mol. The average molecular weight is 348 g/mol. The van der Waals surface area contributed by atoms with Crippen molar-refractivity contribution in [2.24, 2.45) is 0 Å². The predicted octanol–water partition coefficient (Wildman–Crippen LogP) is 5.47. The molecule has 2 heteroatoms. The monoisotopic (exact) mass is 348 g/mol. The Morgan fingerprint density at radius 3 is 1.62 bits per heavy atom. The van der Waals surface area contributed by atoms with Crippen LogP contribution in [0.1, 0.15) is 11.1 Å². The molecule has 10 aliphatic heterocycles. The van der Waals surface area contributed by atoms with Gasteiger partial charge in [0.25, 0.3) is 0 Å². The second kappa shape index (κ2) is 1.000. The molecular formula is C22H17FTi. The summed E-state index contributed by atoms with van der Waals surface area (Å²) >= 11 is 0. The fourth-order valence-electron chi connectivity index (χ4n) is 27.7. The van der Waals surface area contributed by atoms with E-state index in [0.29, 0.717) is 7.94 Å². The number of hydrogen-bond acceptors (Lipinski definition) is 0. The summed E-state index contributed by atoms with van der Waals surface area (Å²) in [5.41, 5.74) is 3.06. The van der Waals surface area contributed by atoms with Crippen LogP contribution in [-0.2, 0) is 16.3 Å². The summed E-state index contributed by atoms with van der Waals surface area (Å²) in [6.45, 7) is 0. The van der Waals surface area contributed by atoms with Gasteiger partial charge in [0.15, 0.2) is 0 Å². The van der Waals surface area contributed by atoms with Crippen molar-refractivity contribution in [2.45, 2.75) is 41.0 Å². The van der Waals surface area contributed by atoms with Gasteiger partial charge in [0, 0.05) is 0 Å². The number of rotatable bonds is 2. The number of fused-ring (bicyclic) bond motifs is 10. The molecular weight excluding hydrogens is 331 g/mol. The van der Waals surface area contributed by atoms with Gasteiger partial charge in [-0.1, -0.05) is 0 Å². The van der Waals surface area contributed by atoms with Crippen LogP contribution in [-0.4, -0.2) is 3.97 Å². The molecule has 5 atom stereocenters. The van der Waals surface area contributed by atoms with Crippen molar-refractivity contribution in [3.63, 3.8) is 0 Å². The van der Waals surface area contributed by atoms with Crippen LogP contribution in [0.2, 0.25) is 29.6 Å². The first-order valence-electron chi connectivity index (χ1n) is 10.4. The Bertz CT molecular complexity index is 1500. The van der Waals surface area contributed by atoms with E-state index in [0.717, 1.165) is 25.3 Å². The summed E-state index contributed by atoms with van der Waals surface area (Å²) in [5, 5.41) is 0. The van der Waals surface area contributed by atoms with E-state index in [9.17, 15) is 0 Å². The van der Waals surface area contributed by atoms with Crippen molar-refractivity contribution < 1.29 is 13.3 Å². The van der Waals surface area contributed by atoms with Gasteiger partial charge in [-0.15, -0.1) is 0 Å². The van der Waals surface area contributed by atoms with Gasteiger partial charge in [-0.05, 0) is 0 Å². The first-order valence-corrected chi connectivity index (χ1v) is 19.0. The first-order chi connectivity index (χ1) is 11.5. The van der Waals surface area contributed by atoms with Crippen LogP contribution >= 0.6 is 0 Å². The third-order valence-corrected chi connectivity index (χ3v) is 83.0. The molecule has 10 saturated heterocycles. The Hall–Kier alpha value is -0.916. The molecule has 0 N–H and O–H groups in total. The molecule has 0 bridgehead atoms. The van der Waals surface area contributed by atoms with Gasteiger partial charge < -0.3 is 0 Å². The van der Waals surface area contributed by atoms with Gasteiger partial charge in [-0.25, -0.2) is 0 Å². The van der Waals surface area contributed by atoms with E-state index < -0.39 is 12.9 Å². The minimum absolute atomic E-state index is 0.0822. The molecule has 0 nitrogen and oxygen atoms in total. The van der Waals surface area contributed by atoms with Gasteiger partial charge in [0.1, 0.15) is 0 Å². The average Bonchev–Trinajstić information content (AvgIpc) is 3.58. The molecule has 10 aliphatic rings. The third-order valence-electron chi connectivity index (χ3n) is 22.9. The number of alkyl halides is 1. The van der Waals surface area contributed by atoms with E-state index in [4.69, 9.17) is 0 Å². The summed E-state index contributed by atoms with van der Waals surface area (Å²) < 4.78 is 23.6. The van der Waals surface area contributed by atoms with Crippen LogP contribution < -0.4 is 0 Å². The van der Waals surface area contributed by atoms with E-state index in [-0.39, 0.29) is 3.72 Å². The van der Waals surface area contributed by atoms with E-state index >= 15 is 4.39 Å². The van der Waals surface area contributed by atoms with Gasteiger partial charge in [-0.3, -0.25) is 0 Å². The molecule has 1 spiro atoms. The fraction of sp³-hybridized carbons (Fsp3) is 0.455. The number of benzene rings is 2. The van der Waals surface area contributed by atoms with E-state index in [1.165, 1.54) is 5.56 Å². The van der Waals surface area contributed by atoms with E-state index in [1.54, 1.807) is 5.56 Å². The fourth-order valence-corrected chi connectivity index (χ4v) is 150. The summed E-state index contributed by atoms with van der Waals surface area (Å²) in [6, 6.07) is 22.6.